The van der Waals surface area contributed by atoms with E-state index in [2.05, 4.69) is 20.7 Å². The van der Waals surface area contributed by atoms with E-state index in [1.165, 1.54) is 7.05 Å². The van der Waals surface area contributed by atoms with Crippen LogP contribution < -0.4 is 10.6 Å². The molecule has 1 aromatic heterocycles. The van der Waals surface area contributed by atoms with Crippen LogP contribution in [0.15, 0.2) is 11.1 Å². The summed E-state index contributed by atoms with van der Waals surface area (Å²) in [4.78, 5) is 3.88. The zero-order valence-corrected chi connectivity index (χ0v) is 12.6. The molecular weight excluding hydrogens is 283 g/mol. The maximum absolute atomic E-state index is 12.0. The monoisotopic (exact) mass is 305 g/mol. The third-order valence-corrected chi connectivity index (χ3v) is 2.87. The van der Waals surface area contributed by atoms with Crippen LogP contribution in [0.4, 0.5) is 13.2 Å². The Bertz CT molecular complexity index is 465. The fraction of sp³-hybridized carbons (Fsp3) is 0.692. The molecule has 0 radical (unpaired) electrons. The molecular formula is C13H22F3N5. The maximum Gasteiger partial charge on any atom is 0.390 e. The number of aliphatic imine (C=N–C) groups is 1. The average Bonchev–Trinajstić information content (AvgIpc) is 2.69. The van der Waals surface area contributed by atoms with Gasteiger partial charge in [0.15, 0.2) is 5.96 Å². The molecule has 21 heavy (non-hydrogen) atoms. The Morgan fingerprint density at radius 2 is 1.95 bits per heavy atom. The van der Waals surface area contributed by atoms with Crippen LogP contribution in [0.5, 0.6) is 0 Å². The summed E-state index contributed by atoms with van der Waals surface area (Å²) in [6.07, 6.45) is -4.22. The normalized spacial score (nSPS) is 12.6. The van der Waals surface area contributed by atoms with Crippen molar-refractivity contribution in [3.05, 3.63) is 17.5 Å². The zero-order chi connectivity index (χ0) is 15.9. The first-order valence-electron chi connectivity index (χ1n) is 6.84. The molecule has 0 amide bonds. The lowest BCUT2D eigenvalue weighted by molar-refractivity contribution is -0.132. The van der Waals surface area contributed by atoms with Crippen molar-refractivity contribution < 1.29 is 13.2 Å². The Labute approximate surface area is 122 Å². The minimum atomic E-state index is -4.15. The first-order valence-corrected chi connectivity index (χ1v) is 6.84. The number of hydrogen-bond acceptors (Lipinski definition) is 2. The Morgan fingerprint density at radius 3 is 2.48 bits per heavy atom. The van der Waals surface area contributed by atoms with Gasteiger partial charge in [-0.1, -0.05) is 0 Å². The fourth-order valence-electron chi connectivity index (χ4n) is 1.88. The van der Waals surface area contributed by atoms with E-state index in [4.69, 9.17) is 0 Å². The Morgan fingerprint density at radius 1 is 1.29 bits per heavy atom. The Balaban J connectivity index is 2.22. The molecule has 0 saturated heterocycles. The molecule has 0 aromatic carbocycles. The van der Waals surface area contributed by atoms with E-state index in [1.807, 2.05) is 24.6 Å². The van der Waals surface area contributed by atoms with Gasteiger partial charge in [-0.25, -0.2) is 0 Å². The van der Waals surface area contributed by atoms with Gasteiger partial charge < -0.3 is 10.6 Å². The van der Waals surface area contributed by atoms with Gasteiger partial charge in [-0.3, -0.25) is 9.67 Å². The number of hydrogen-bond donors (Lipinski definition) is 2. The summed E-state index contributed by atoms with van der Waals surface area (Å²) in [5.74, 6) is 0.382. The molecule has 120 valence electrons. The number of aromatic nitrogens is 2. The van der Waals surface area contributed by atoms with Crippen LogP contribution in [0.25, 0.3) is 0 Å². The number of guanidine groups is 1. The molecule has 5 nitrogen and oxygen atoms in total. The quantitative estimate of drug-likeness (QED) is 0.480. The minimum absolute atomic E-state index is 0.180. The highest BCUT2D eigenvalue weighted by Gasteiger charge is 2.26. The molecule has 0 spiro atoms. The molecule has 0 saturated carbocycles. The van der Waals surface area contributed by atoms with Gasteiger partial charge in [0.25, 0.3) is 0 Å². The summed E-state index contributed by atoms with van der Waals surface area (Å²) < 4.78 is 38.0. The smallest absolute Gasteiger partial charge is 0.356 e. The zero-order valence-electron chi connectivity index (χ0n) is 12.6. The van der Waals surface area contributed by atoms with E-state index < -0.39 is 12.6 Å². The van der Waals surface area contributed by atoms with Crippen LogP contribution in [0, 0.1) is 13.8 Å². The second-order valence-electron chi connectivity index (χ2n) is 4.79. The van der Waals surface area contributed by atoms with Crippen molar-refractivity contribution in [2.24, 2.45) is 4.99 Å². The molecule has 0 aliphatic rings. The summed E-state index contributed by atoms with van der Waals surface area (Å²) in [5.41, 5.74) is 2.07. The molecule has 0 aliphatic heterocycles. The standard InChI is InChI=1S/C13H22F3N5/c1-10-9-11(2)21(20-10)8-4-6-18-12(17-3)19-7-5-13(14,15)16/h9H,4-8H2,1-3H3,(H2,17,18,19). The van der Waals surface area contributed by atoms with E-state index >= 15 is 0 Å². The Kier molecular flexibility index (Phi) is 6.51. The van der Waals surface area contributed by atoms with Gasteiger partial charge in [-0.15, -0.1) is 0 Å². The largest absolute Gasteiger partial charge is 0.390 e. The number of rotatable bonds is 6. The summed E-state index contributed by atoms with van der Waals surface area (Å²) in [6, 6.07) is 2.01. The summed E-state index contributed by atoms with van der Waals surface area (Å²) in [5, 5.41) is 9.96. The van der Waals surface area contributed by atoms with Crippen LogP contribution in [0.3, 0.4) is 0 Å². The highest BCUT2D eigenvalue weighted by Crippen LogP contribution is 2.17. The van der Waals surface area contributed by atoms with Gasteiger partial charge >= 0.3 is 6.18 Å². The number of aryl methyl sites for hydroxylation is 3. The molecule has 0 aliphatic carbocycles. The fourth-order valence-corrected chi connectivity index (χ4v) is 1.88. The predicted octanol–water partition coefficient (Wildman–Crippen LogP) is 2.01. The number of nitrogens with one attached hydrogen (secondary N) is 2. The molecule has 2 N–H and O–H groups in total. The van der Waals surface area contributed by atoms with Gasteiger partial charge in [0, 0.05) is 32.4 Å². The summed E-state index contributed by atoms with van der Waals surface area (Å²) in [6.45, 7) is 5.12. The van der Waals surface area contributed by atoms with Gasteiger partial charge in [0.1, 0.15) is 0 Å². The number of halogens is 3. The molecule has 0 unspecified atom stereocenters. The second-order valence-corrected chi connectivity index (χ2v) is 4.79. The molecule has 0 fully saturated rings. The third kappa shape index (κ3) is 7.01. The molecule has 8 heteroatoms. The van der Waals surface area contributed by atoms with Crippen molar-refractivity contribution in [1.82, 2.24) is 20.4 Å². The van der Waals surface area contributed by atoms with Gasteiger partial charge in [0.05, 0.1) is 12.1 Å². The van der Waals surface area contributed by atoms with Gasteiger partial charge in [-0.2, -0.15) is 18.3 Å². The summed E-state index contributed by atoms with van der Waals surface area (Å²) in [7, 11) is 1.53. The van der Waals surface area contributed by atoms with Crippen LogP contribution in [-0.4, -0.2) is 42.1 Å². The lowest BCUT2D eigenvalue weighted by atomic mass is 10.4. The lowest BCUT2D eigenvalue weighted by Crippen LogP contribution is -2.39. The maximum atomic E-state index is 12.0. The third-order valence-electron chi connectivity index (χ3n) is 2.87. The van der Waals surface area contributed by atoms with Crippen molar-refractivity contribution in [2.45, 2.75) is 39.4 Å². The first-order chi connectivity index (χ1) is 9.81. The number of alkyl halides is 3. The molecule has 0 bridgehead atoms. The topological polar surface area (TPSA) is 54.2 Å². The van der Waals surface area contributed by atoms with E-state index in [9.17, 15) is 13.2 Å². The number of nitrogens with zero attached hydrogens (tertiary/aromatic N) is 3. The van der Waals surface area contributed by atoms with Crippen molar-refractivity contribution in [3.8, 4) is 0 Å². The average molecular weight is 305 g/mol. The van der Waals surface area contributed by atoms with Gasteiger partial charge in [-0.05, 0) is 26.3 Å². The van der Waals surface area contributed by atoms with Crippen molar-refractivity contribution in [3.63, 3.8) is 0 Å². The Hall–Kier alpha value is -1.73. The van der Waals surface area contributed by atoms with Crippen LogP contribution >= 0.6 is 0 Å². The van der Waals surface area contributed by atoms with Crippen LogP contribution in [0.1, 0.15) is 24.2 Å². The van der Waals surface area contributed by atoms with E-state index in [0.717, 1.165) is 24.4 Å². The van der Waals surface area contributed by atoms with Crippen LogP contribution in [0.2, 0.25) is 0 Å². The minimum Gasteiger partial charge on any atom is -0.356 e. The molecule has 0 atom stereocenters. The van der Waals surface area contributed by atoms with E-state index in [0.29, 0.717) is 12.5 Å². The van der Waals surface area contributed by atoms with E-state index in [1.54, 1.807) is 0 Å². The van der Waals surface area contributed by atoms with E-state index in [-0.39, 0.29) is 6.54 Å². The predicted molar refractivity (Wildman–Crippen MR) is 76.4 cm³/mol. The molecule has 1 aromatic rings. The molecule has 1 heterocycles. The van der Waals surface area contributed by atoms with Crippen LogP contribution in [-0.2, 0) is 6.54 Å². The van der Waals surface area contributed by atoms with Crippen molar-refractivity contribution in [2.75, 3.05) is 20.1 Å². The SMILES string of the molecule is CN=C(NCCCn1nc(C)cc1C)NCCC(F)(F)F. The van der Waals surface area contributed by atoms with Crippen molar-refractivity contribution >= 4 is 5.96 Å². The highest BCUT2D eigenvalue weighted by molar-refractivity contribution is 5.79. The van der Waals surface area contributed by atoms with Gasteiger partial charge in [0.2, 0.25) is 0 Å². The lowest BCUT2D eigenvalue weighted by Gasteiger charge is -2.13. The molecule has 1 rings (SSSR count). The highest BCUT2D eigenvalue weighted by atomic mass is 19.4. The summed E-state index contributed by atoms with van der Waals surface area (Å²) >= 11 is 0. The van der Waals surface area contributed by atoms with Crippen molar-refractivity contribution in [1.29, 1.82) is 0 Å². The second kappa shape index (κ2) is 7.90. The first kappa shape index (κ1) is 17.3.